The van der Waals surface area contributed by atoms with Crippen molar-refractivity contribution < 1.29 is 8.78 Å². The summed E-state index contributed by atoms with van der Waals surface area (Å²) >= 11 is 0. The van der Waals surface area contributed by atoms with Crippen LogP contribution in [0.15, 0.2) is 35.5 Å². The highest BCUT2D eigenvalue weighted by atomic mass is 19.1. The lowest BCUT2D eigenvalue weighted by Gasteiger charge is -2.29. The lowest BCUT2D eigenvalue weighted by Crippen LogP contribution is -2.39. The van der Waals surface area contributed by atoms with E-state index in [1.165, 1.54) is 12.1 Å². The molecule has 1 saturated heterocycles. The predicted octanol–water partition coefficient (Wildman–Crippen LogP) is 2.33. The van der Waals surface area contributed by atoms with Gasteiger partial charge >= 0.3 is 0 Å². The van der Waals surface area contributed by atoms with Gasteiger partial charge < -0.3 is 10.6 Å². The summed E-state index contributed by atoms with van der Waals surface area (Å²) < 4.78 is 27.7. The molecule has 1 aliphatic carbocycles. The molecule has 2 heterocycles. The summed E-state index contributed by atoms with van der Waals surface area (Å²) in [5.41, 5.74) is 6.44. The van der Waals surface area contributed by atoms with Gasteiger partial charge in [-0.25, -0.2) is 8.78 Å². The Kier molecular flexibility index (Phi) is 2.88. The molecule has 7 heteroatoms. The van der Waals surface area contributed by atoms with E-state index in [0.29, 0.717) is 29.2 Å². The molecule has 0 bridgehead atoms. The quantitative estimate of drug-likeness (QED) is 0.661. The number of aromatic nitrogens is 2. The molecule has 22 heavy (non-hydrogen) atoms. The first-order chi connectivity index (χ1) is 10.6. The fraction of sp³-hybridized carbons (Fsp3) is 0.333. The Balaban J connectivity index is 1.69. The van der Waals surface area contributed by atoms with Crippen molar-refractivity contribution in [2.75, 3.05) is 6.54 Å². The summed E-state index contributed by atoms with van der Waals surface area (Å²) in [5.74, 6) is 0.777. The molecule has 0 radical (unpaired) electrons. The summed E-state index contributed by atoms with van der Waals surface area (Å²) in [4.78, 5) is 6.13. The van der Waals surface area contributed by atoms with Crippen LogP contribution in [-0.4, -0.2) is 27.6 Å². The lowest BCUT2D eigenvalue weighted by atomic mass is 10.0. The molecule has 2 aliphatic rings. The van der Waals surface area contributed by atoms with Gasteiger partial charge in [-0.1, -0.05) is 0 Å². The molecule has 0 spiro atoms. The molecule has 1 aromatic carbocycles. The second-order valence-electron chi connectivity index (χ2n) is 5.83. The molecule has 0 amide bonds. The van der Waals surface area contributed by atoms with Crippen LogP contribution in [0.1, 0.15) is 18.0 Å². The standard InChI is InChI=1S/C15H15F2N5/c16-9-1-2-12(17)11(6-9)14-10-5-8(10)7-22(14)15(18)20-13-3-4-19-21-13/h1-4,6,8,10,14H,5,7H2,(H3,18,19,20,21). The number of benzene rings is 1. The number of piperidine rings is 1. The van der Waals surface area contributed by atoms with E-state index in [2.05, 4.69) is 15.2 Å². The number of nitrogens with one attached hydrogen (secondary N) is 1. The minimum absolute atomic E-state index is 0.257. The van der Waals surface area contributed by atoms with Crippen molar-refractivity contribution in [3.8, 4) is 0 Å². The first kappa shape index (κ1) is 13.2. The Morgan fingerprint density at radius 1 is 1.36 bits per heavy atom. The highest BCUT2D eigenvalue weighted by Crippen LogP contribution is 2.56. The minimum Gasteiger partial charge on any atom is -0.369 e. The number of hydrogen-bond donors (Lipinski definition) is 2. The molecule has 1 saturated carbocycles. The van der Waals surface area contributed by atoms with Gasteiger partial charge in [-0.05, 0) is 36.5 Å². The number of aliphatic imine (C=N–C) groups is 1. The average molecular weight is 303 g/mol. The molecular formula is C15H15F2N5. The van der Waals surface area contributed by atoms with Crippen molar-refractivity contribution >= 4 is 11.8 Å². The second kappa shape index (κ2) is 4.79. The summed E-state index contributed by atoms with van der Waals surface area (Å²) in [6.07, 6.45) is 2.60. The van der Waals surface area contributed by atoms with E-state index < -0.39 is 11.6 Å². The third-order valence-corrected chi connectivity index (χ3v) is 4.44. The van der Waals surface area contributed by atoms with E-state index in [-0.39, 0.29) is 6.04 Å². The van der Waals surface area contributed by atoms with Crippen molar-refractivity contribution in [2.45, 2.75) is 12.5 Å². The van der Waals surface area contributed by atoms with E-state index in [4.69, 9.17) is 5.73 Å². The molecule has 3 unspecified atom stereocenters. The zero-order valence-electron chi connectivity index (χ0n) is 11.7. The minimum atomic E-state index is -0.440. The number of fused-ring (bicyclic) bond motifs is 1. The van der Waals surface area contributed by atoms with Crippen LogP contribution >= 0.6 is 0 Å². The van der Waals surface area contributed by atoms with E-state index in [9.17, 15) is 8.78 Å². The van der Waals surface area contributed by atoms with E-state index in [1.54, 1.807) is 12.3 Å². The first-order valence-corrected chi connectivity index (χ1v) is 7.18. The number of H-pyrrole nitrogens is 1. The smallest absolute Gasteiger partial charge is 0.198 e. The highest BCUT2D eigenvalue weighted by molar-refractivity contribution is 5.81. The fourth-order valence-corrected chi connectivity index (χ4v) is 3.34. The van der Waals surface area contributed by atoms with Crippen LogP contribution in [0.3, 0.4) is 0 Å². The largest absolute Gasteiger partial charge is 0.369 e. The number of likely N-dealkylation sites (tertiary alicyclic amines) is 1. The van der Waals surface area contributed by atoms with Crippen LogP contribution in [0.2, 0.25) is 0 Å². The van der Waals surface area contributed by atoms with Crippen LogP contribution in [0.5, 0.6) is 0 Å². The predicted molar refractivity (Wildman–Crippen MR) is 77.3 cm³/mol. The van der Waals surface area contributed by atoms with E-state index in [1.807, 2.05) is 4.90 Å². The maximum atomic E-state index is 14.1. The summed E-state index contributed by atoms with van der Waals surface area (Å²) in [5, 5.41) is 6.52. The Bertz CT molecular complexity index is 728. The van der Waals surface area contributed by atoms with Gasteiger partial charge in [-0.15, -0.1) is 0 Å². The molecule has 2 fully saturated rings. The SMILES string of the molecule is N/C(=N\c1ccn[nH]1)N1CC2CC2C1c1cc(F)ccc1F. The number of aromatic amines is 1. The van der Waals surface area contributed by atoms with Gasteiger partial charge in [0.1, 0.15) is 11.6 Å². The molecular weight excluding hydrogens is 288 g/mol. The molecule has 114 valence electrons. The summed E-state index contributed by atoms with van der Waals surface area (Å²) in [6.45, 7) is 0.717. The van der Waals surface area contributed by atoms with Crippen molar-refractivity contribution in [1.29, 1.82) is 0 Å². The van der Waals surface area contributed by atoms with Gasteiger partial charge in [-0.3, -0.25) is 5.10 Å². The molecule has 1 aromatic heterocycles. The van der Waals surface area contributed by atoms with Crippen LogP contribution < -0.4 is 5.73 Å². The molecule has 1 aliphatic heterocycles. The van der Waals surface area contributed by atoms with Crippen molar-refractivity contribution in [1.82, 2.24) is 15.1 Å². The average Bonchev–Trinajstić information content (AvgIpc) is 2.92. The number of nitrogens with zero attached hydrogens (tertiary/aromatic N) is 3. The molecule has 2 aromatic rings. The fourth-order valence-electron chi connectivity index (χ4n) is 3.34. The Hall–Kier alpha value is -2.44. The van der Waals surface area contributed by atoms with Crippen LogP contribution in [-0.2, 0) is 0 Å². The van der Waals surface area contributed by atoms with Gasteiger partial charge in [0.05, 0.1) is 12.2 Å². The Morgan fingerprint density at radius 2 is 2.23 bits per heavy atom. The maximum absolute atomic E-state index is 14.1. The zero-order chi connectivity index (χ0) is 15.3. The van der Waals surface area contributed by atoms with Crippen LogP contribution in [0, 0.1) is 23.5 Å². The van der Waals surface area contributed by atoms with Gasteiger partial charge in [-0.2, -0.15) is 10.1 Å². The molecule has 5 nitrogen and oxygen atoms in total. The monoisotopic (exact) mass is 303 g/mol. The number of guanidine groups is 1. The molecule has 4 rings (SSSR count). The van der Waals surface area contributed by atoms with E-state index in [0.717, 1.165) is 19.0 Å². The maximum Gasteiger partial charge on any atom is 0.198 e. The number of halogens is 2. The number of rotatable bonds is 2. The van der Waals surface area contributed by atoms with Gasteiger partial charge in [0, 0.05) is 18.2 Å². The Morgan fingerprint density at radius 3 is 3.00 bits per heavy atom. The second-order valence-corrected chi connectivity index (χ2v) is 5.83. The molecule has 3 N–H and O–H groups in total. The summed E-state index contributed by atoms with van der Waals surface area (Å²) in [6, 6.07) is 5.00. The van der Waals surface area contributed by atoms with Crippen molar-refractivity contribution in [3.63, 3.8) is 0 Å². The topological polar surface area (TPSA) is 70.3 Å². The van der Waals surface area contributed by atoms with Crippen molar-refractivity contribution in [3.05, 3.63) is 47.7 Å². The lowest BCUT2D eigenvalue weighted by molar-refractivity contribution is 0.333. The third-order valence-electron chi connectivity index (χ3n) is 4.44. The van der Waals surface area contributed by atoms with Gasteiger partial charge in [0.25, 0.3) is 0 Å². The van der Waals surface area contributed by atoms with Crippen molar-refractivity contribution in [2.24, 2.45) is 22.6 Å². The normalized spacial score (nSPS) is 27.1. The summed E-state index contributed by atoms with van der Waals surface area (Å²) in [7, 11) is 0. The van der Waals surface area contributed by atoms with Gasteiger partial charge in [0.15, 0.2) is 11.8 Å². The zero-order valence-corrected chi connectivity index (χ0v) is 11.7. The first-order valence-electron chi connectivity index (χ1n) is 7.18. The number of nitrogens with two attached hydrogens (primary N) is 1. The Labute approximate surface area is 125 Å². The van der Waals surface area contributed by atoms with E-state index >= 15 is 0 Å². The molecule has 3 atom stereocenters. The van der Waals surface area contributed by atoms with Gasteiger partial charge in [0.2, 0.25) is 0 Å². The van der Waals surface area contributed by atoms with Crippen LogP contribution in [0.25, 0.3) is 0 Å². The number of hydrogen-bond acceptors (Lipinski definition) is 2. The third kappa shape index (κ3) is 2.13. The highest BCUT2D eigenvalue weighted by Gasteiger charge is 2.54. The van der Waals surface area contributed by atoms with Crippen LogP contribution in [0.4, 0.5) is 14.6 Å².